The predicted octanol–water partition coefficient (Wildman–Crippen LogP) is 16.3. The maximum absolute atomic E-state index is 13.5. The van der Waals surface area contributed by atoms with Gasteiger partial charge in [-0.05, 0) is 76.1 Å². The highest BCUT2D eigenvalue weighted by Gasteiger charge is 2.34. The maximum Gasteiger partial charge on any atom is 0.342 e. The van der Waals surface area contributed by atoms with Crippen molar-refractivity contribution < 1.29 is 71.8 Å². The van der Waals surface area contributed by atoms with Crippen LogP contribution < -0.4 is 9.47 Å². The summed E-state index contributed by atoms with van der Waals surface area (Å²) < 4.78 is 38.6. The minimum atomic E-state index is -1.08. The molecule has 2 aromatic carbocycles. The first kappa shape index (κ1) is 72.5. The molecular formula is C69H106O15. The van der Waals surface area contributed by atoms with Crippen LogP contribution in [0.1, 0.15) is 290 Å². The van der Waals surface area contributed by atoms with Gasteiger partial charge in [-0.1, -0.05) is 200 Å². The molecule has 0 unspecified atom stereocenters. The summed E-state index contributed by atoms with van der Waals surface area (Å²) >= 11 is 0. The number of ether oxygens (including phenoxy) is 7. The molecule has 1 aliphatic rings. The minimum Gasteiger partial charge on any atom is -0.507 e. The van der Waals surface area contributed by atoms with Gasteiger partial charge in [0.2, 0.25) is 0 Å². The molecule has 15 heteroatoms. The van der Waals surface area contributed by atoms with Gasteiger partial charge in [0.25, 0.3) is 0 Å². The first-order valence-corrected chi connectivity index (χ1v) is 32.1. The molecule has 0 saturated heterocycles. The lowest BCUT2D eigenvalue weighted by Gasteiger charge is -2.28. The van der Waals surface area contributed by atoms with Gasteiger partial charge in [-0.25, -0.2) is 4.79 Å². The number of unbranched alkanes of at least 4 members (excludes halogenated alkanes) is 24. The Hall–Kier alpha value is -5.73. The summed E-state index contributed by atoms with van der Waals surface area (Å²) in [4.78, 5) is 91.1. The van der Waals surface area contributed by atoms with E-state index in [1.807, 2.05) is 26.0 Å². The van der Waals surface area contributed by atoms with Crippen molar-refractivity contribution in [3.05, 3.63) is 62.7 Å². The van der Waals surface area contributed by atoms with E-state index in [4.69, 9.17) is 33.2 Å². The number of allylic oxidation sites excluding steroid dienone is 2. The summed E-state index contributed by atoms with van der Waals surface area (Å²) in [6, 6.07) is 3.56. The van der Waals surface area contributed by atoms with E-state index in [1.165, 1.54) is 123 Å². The highest BCUT2D eigenvalue weighted by Crippen LogP contribution is 2.42. The van der Waals surface area contributed by atoms with Crippen LogP contribution in [0.4, 0.5) is 0 Å². The second kappa shape index (κ2) is 41.3. The number of phenolic OH excluding ortho intramolecular Hbond substituents is 1. The average molecular weight is 1180 g/mol. The molecule has 0 aliphatic carbocycles. The Morgan fingerprint density at radius 2 is 1.07 bits per heavy atom. The van der Waals surface area contributed by atoms with E-state index in [-0.39, 0.29) is 88.2 Å². The van der Waals surface area contributed by atoms with E-state index in [9.17, 15) is 38.7 Å². The summed E-state index contributed by atoms with van der Waals surface area (Å²) in [6.07, 6.45) is 31.4. The molecule has 0 aromatic heterocycles. The summed E-state index contributed by atoms with van der Waals surface area (Å²) in [5.41, 5.74) is 3.70. The van der Waals surface area contributed by atoms with Crippen LogP contribution in [0.2, 0.25) is 0 Å². The van der Waals surface area contributed by atoms with Gasteiger partial charge >= 0.3 is 41.8 Å². The largest absolute Gasteiger partial charge is 0.507 e. The Bertz CT molecular complexity index is 2350. The molecule has 1 aliphatic heterocycles. The maximum atomic E-state index is 13.5. The van der Waals surface area contributed by atoms with E-state index < -0.39 is 53.3 Å². The molecule has 2 aromatic rings. The smallest absolute Gasteiger partial charge is 0.342 e. The number of methoxy groups -OCH3 is 1. The summed E-state index contributed by atoms with van der Waals surface area (Å²) in [6.45, 7) is 14.8. The lowest BCUT2D eigenvalue weighted by Crippen LogP contribution is -2.31. The van der Waals surface area contributed by atoms with Crippen LogP contribution in [-0.4, -0.2) is 73.3 Å². The Morgan fingerprint density at radius 1 is 0.607 bits per heavy atom. The molecule has 0 atom stereocenters. The average Bonchev–Trinajstić information content (AvgIpc) is 1.99. The Kier molecular flexibility index (Phi) is 35.7. The van der Waals surface area contributed by atoms with E-state index in [0.29, 0.717) is 40.8 Å². The van der Waals surface area contributed by atoms with Crippen LogP contribution in [0.3, 0.4) is 0 Å². The van der Waals surface area contributed by atoms with Gasteiger partial charge in [-0.2, -0.15) is 0 Å². The number of aromatic hydroxyl groups is 1. The third-order valence-electron chi connectivity index (χ3n) is 15.8. The third-order valence-corrected chi connectivity index (χ3v) is 15.8. The van der Waals surface area contributed by atoms with Gasteiger partial charge < -0.3 is 38.3 Å². The second-order valence-electron chi connectivity index (χ2n) is 24.0. The SMILES string of the molecule is CCCCCCCCCCCCCCCC(=O)OCC(COC(=O)CCCCCCCCCCCCCCC)OC(=O)CCC(=O)Oc1cc(C)cc(C)c1C(C)(C)CC(=O)OC(=O)CC/C(C)=C/Cc1c(O)c2c(c(C)c1OC)COC2=O. The number of rotatable bonds is 46. The topological polar surface area (TPSA) is 204 Å². The van der Waals surface area contributed by atoms with Crippen molar-refractivity contribution in [3.63, 3.8) is 0 Å². The van der Waals surface area contributed by atoms with Crippen molar-refractivity contribution in [2.75, 3.05) is 20.3 Å². The lowest BCUT2D eigenvalue weighted by atomic mass is 9.78. The number of esters is 7. The van der Waals surface area contributed by atoms with E-state index in [2.05, 4.69) is 13.8 Å². The number of carbonyl (C=O) groups is 7. The van der Waals surface area contributed by atoms with Crippen LogP contribution >= 0.6 is 0 Å². The van der Waals surface area contributed by atoms with Crippen molar-refractivity contribution in [2.45, 2.75) is 292 Å². The van der Waals surface area contributed by atoms with Gasteiger partial charge in [0.1, 0.15) is 42.6 Å². The fourth-order valence-electron chi connectivity index (χ4n) is 11.1. The molecule has 15 nitrogen and oxygen atoms in total. The quantitative estimate of drug-likeness (QED) is 0.0163. The van der Waals surface area contributed by atoms with Crippen molar-refractivity contribution >= 4 is 41.8 Å². The number of cyclic esters (lactones) is 1. The monoisotopic (exact) mass is 1170 g/mol. The molecule has 472 valence electrons. The first-order chi connectivity index (χ1) is 40.3. The van der Waals surface area contributed by atoms with Gasteiger partial charge in [0.05, 0.1) is 26.4 Å². The standard InChI is InChI=1S/C69H106O15/c1-10-12-14-16-18-20-22-24-26-28-30-32-34-36-58(70)79-47-54(48-80-59(71)37-35-33-31-29-27-25-23-21-19-17-15-13-11-2)82-60(72)42-43-61(73)83-57-45-51(4)44-52(5)65(57)69(7,8)46-63(75)84-62(74)41-39-50(3)38-40-55-66(76)64-56(49-81-68(64)77)53(6)67(55)78-9/h38,44-45,54,76H,10-37,39-43,46-49H2,1-9H3/b50-38+. The van der Waals surface area contributed by atoms with Crippen LogP contribution in [0.15, 0.2) is 23.8 Å². The second-order valence-corrected chi connectivity index (χ2v) is 24.0. The molecule has 0 fully saturated rings. The summed E-state index contributed by atoms with van der Waals surface area (Å²) in [7, 11) is 1.49. The molecular weight excluding hydrogens is 1070 g/mol. The highest BCUT2D eigenvalue weighted by atomic mass is 16.6. The first-order valence-electron chi connectivity index (χ1n) is 32.1. The summed E-state index contributed by atoms with van der Waals surface area (Å²) in [5.74, 6) is -4.00. The Labute approximate surface area is 503 Å². The normalized spacial score (nSPS) is 12.3. The van der Waals surface area contributed by atoms with E-state index in [0.717, 1.165) is 55.2 Å². The number of phenols is 1. The zero-order valence-electron chi connectivity index (χ0n) is 53.1. The molecule has 84 heavy (non-hydrogen) atoms. The Balaban J connectivity index is 1.51. The van der Waals surface area contributed by atoms with Crippen LogP contribution in [0.5, 0.6) is 17.2 Å². The predicted molar refractivity (Wildman–Crippen MR) is 327 cm³/mol. The molecule has 3 rings (SSSR count). The third kappa shape index (κ3) is 28.4. The van der Waals surface area contributed by atoms with Crippen LogP contribution in [-0.2, 0) is 70.9 Å². The van der Waals surface area contributed by atoms with Crippen molar-refractivity contribution in [1.29, 1.82) is 0 Å². The lowest BCUT2D eigenvalue weighted by molar-refractivity contribution is -0.167. The number of aryl methyl sites for hydroxylation is 2. The van der Waals surface area contributed by atoms with Gasteiger partial charge in [0.15, 0.2) is 6.10 Å². The number of benzene rings is 2. The van der Waals surface area contributed by atoms with E-state index in [1.54, 1.807) is 33.8 Å². The van der Waals surface area contributed by atoms with Gasteiger partial charge in [0, 0.05) is 41.4 Å². The molecule has 0 saturated carbocycles. The van der Waals surface area contributed by atoms with Gasteiger partial charge in [-0.15, -0.1) is 0 Å². The fraction of sp³-hybridized carbons (Fsp3) is 0.696. The molecule has 1 N–H and O–H groups in total. The summed E-state index contributed by atoms with van der Waals surface area (Å²) in [5, 5.41) is 11.0. The molecule has 0 spiro atoms. The molecule has 0 radical (unpaired) electrons. The van der Waals surface area contributed by atoms with E-state index >= 15 is 0 Å². The van der Waals surface area contributed by atoms with Crippen LogP contribution in [0, 0.1) is 20.8 Å². The number of carbonyl (C=O) groups excluding carboxylic acids is 7. The molecule has 0 bridgehead atoms. The Morgan fingerprint density at radius 3 is 1.56 bits per heavy atom. The fourth-order valence-corrected chi connectivity index (χ4v) is 11.1. The van der Waals surface area contributed by atoms with Crippen molar-refractivity contribution in [1.82, 2.24) is 0 Å². The molecule has 1 heterocycles. The number of hydrogen-bond acceptors (Lipinski definition) is 15. The van der Waals surface area contributed by atoms with Crippen molar-refractivity contribution in [3.8, 4) is 17.2 Å². The van der Waals surface area contributed by atoms with Gasteiger partial charge in [-0.3, -0.25) is 28.8 Å². The zero-order valence-corrected chi connectivity index (χ0v) is 53.1. The molecule has 0 amide bonds. The number of fused-ring (bicyclic) bond motifs is 1. The minimum absolute atomic E-state index is 0.0584. The zero-order chi connectivity index (χ0) is 61.7. The van der Waals surface area contributed by atoms with Crippen LogP contribution in [0.25, 0.3) is 0 Å². The number of hydrogen-bond donors (Lipinski definition) is 1. The van der Waals surface area contributed by atoms with Crippen molar-refractivity contribution in [2.24, 2.45) is 0 Å². The highest BCUT2D eigenvalue weighted by molar-refractivity contribution is 5.98.